The molecule has 0 N–H and O–H groups in total. The Hall–Kier alpha value is -6.24. The number of hydrogen-bond acceptors (Lipinski definition) is 0. The third-order valence-electron chi connectivity index (χ3n) is 11.7. The standard InChI is InChI=1S/C54H44/c1-4-10-40(11-5-1)42-14-18-44(19-15-42)46-22-26-48(27-23-46)50-30-34-52(35-31-50)54(38-8-3-9-39-54)53-36-32-51(33-37-53)49-28-24-47(25-29-49)45-20-16-43(17-21-45)41-12-6-2-7-13-41/h1-2,4-7,10-37H,3,8-9,38-39H2. The summed E-state index contributed by atoms with van der Waals surface area (Å²) in [4.78, 5) is 0. The smallest absolute Gasteiger partial charge is 0.0202 e. The Labute approximate surface area is 320 Å². The van der Waals surface area contributed by atoms with E-state index in [4.69, 9.17) is 0 Å². The first-order valence-electron chi connectivity index (χ1n) is 19.5. The van der Waals surface area contributed by atoms with Gasteiger partial charge < -0.3 is 0 Å². The molecule has 0 heterocycles. The highest BCUT2D eigenvalue weighted by molar-refractivity contribution is 5.75. The van der Waals surface area contributed by atoms with Crippen LogP contribution in [0.25, 0.3) is 66.8 Å². The topological polar surface area (TPSA) is 0 Å². The lowest BCUT2D eigenvalue weighted by Gasteiger charge is -2.39. The molecular weight excluding hydrogens is 649 g/mol. The molecule has 0 aromatic heterocycles. The third kappa shape index (κ3) is 6.84. The lowest BCUT2D eigenvalue weighted by atomic mass is 9.65. The predicted molar refractivity (Wildman–Crippen MR) is 229 cm³/mol. The van der Waals surface area contributed by atoms with Crippen molar-refractivity contribution in [2.75, 3.05) is 0 Å². The predicted octanol–water partition coefficient (Wildman–Crippen LogP) is 14.9. The van der Waals surface area contributed by atoms with Gasteiger partial charge in [0, 0.05) is 5.41 Å². The minimum atomic E-state index is 0.0564. The van der Waals surface area contributed by atoms with Crippen molar-refractivity contribution in [2.45, 2.75) is 37.5 Å². The van der Waals surface area contributed by atoms with Gasteiger partial charge >= 0.3 is 0 Å². The summed E-state index contributed by atoms with van der Waals surface area (Å²) in [5, 5.41) is 0. The molecule has 0 bridgehead atoms. The average molecular weight is 693 g/mol. The molecule has 0 heteroatoms. The second kappa shape index (κ2) is 15.0. The van der Waals surface area contributed by atoms with Gasteiger partial charge in [-0.1, -0.05) is 226 Å². The fourth-order valence-electron chi connectivity index (χ4n) is 8.54. The number of rotatable bonds is 8. The maximum atomic E-state index is 2.40. The molecule has 260 valence electrons. The first-order valence-corrected chi connectivity index (χ1v) is 19.5. The van der Waals surface area contributed by atoms with Gasteiger partial charge in [0.2, 0.25) is 0 Å². The van der Waals surface area contributed by atoms with Crippen molar-refractivity contribution in [3.05, 3.63) is 217 Å². The molecule has 0 unspecified atom stereocenters. The van der Waals surface area contributed by atoms with Crippen LogP contribution in [0, 0.1) is 0 Å². The maximum Gasteiger partial charge on any atom is 0.0202 e. The zero-order valence-electron chi connectivity index (χ0n) is 30.7. The zero-order chi connectivity index (χ0) is 36.2. The van der Waals surface area contributed by atoms with E-state index in [9.17, 15) is 0 Å². The van der Waals surface area contributed by atoms with Crippen molar-refractivity contribution < 1.29 is 0 Å². The lowest BCUT2D eigenvalue weighted by Crippen LogP contribution is -2.30. The van der Waals surface area contributed by atoms with E-state index in [1.165, 1.54) is 110 Å². The highest BCUT2D eigenvalue weighted by Crippen LogP contribution is 2.46. The van der Waals surface area contributed by atoms with Crippen molar-refractivity contribution in [3.8, 4) is 66.8 Å². The maximum absolute atomic E-state index is 2.40. The average Bonchev–Trinajstić information content (AvgIpc) is 3.28. The Balaban J connectivity index is 0.906. The van der Waals surface area contributed by atoms with Gasteiger partial charge in [0.1, 0.15) is 0 Å². The highest BCUT2D eigenvalue weighted by atomic mass is 14.4. The molecule has 9 rings (SSSR count). The minimum absolute atomic E-state index is 0.0564. The molecule has 8 aromatic carbocycles. The van der Waals surface area contributed by atoms with Crippen LogP contribution < -0.4 is 0 Å². The molecule has 54 heavy (non-hydrogen) atoms. The van der Waals surface area contributed by atoms with Crippen LogP contribution in [0.1, 0.15) is 43.2 Å². The first-order chi connectivity index (χ1) is 26.7. The molecule has 1 aliphatic rings. The molecule has 0 radical (unpaired) electrons. The lowest BCUT2D eigenvalue weighted by molar-refractivity contribution is 0.346. The van der Waals surface area contributed by atoms with Crippen LogP contribution >= 0.6 is 0 Å². The fourth-order valence-corrected chi connectivity index (χ4v) is 8.54. The van der Waals surface area contributed by atoms with Crippen molar-refractivity contribution in [2.24, 2.45) is 0 Å². The molecule has 0 spiro atoms. The van der Waals surface area contributed by atoms with E-state index in [0.29, 0.717) is 0 Å². The second-order valence-electron chi connectivity index (χ2n) is 14.8. The summed E-state index contributed by atoms with van der Waals surface area (Å²) in [5.74, 6) is 0. The van der Waals surface area contributed by atoms with Gasteiger partial charge in [-0.25, -0.2) is 0 Å². The molecule has 0 saturated heterocycles. The Morgan fingerprint density at radius 3 is 0.648 bits per heavy atom. The third-order valence-corrected chi connectivity index (χ3v) is 11.7. The molecule has 1 aliphatic carbocycles. The van der Waals surface area contributed by atoms with E-state index in [2.05, 4.69) is 206 Å². The number of benzene rings is 8. The Morgan fingerprint density at radius 1 is 0.204 bits per heavy atom. The van der Waals surface area contributed by atoms with Crippen LogP contribution in [-0.2, 0) is 5.41 Å². The van der Waals surface area contributed by atoms with E-state index in [-0.39, 0.29) is 5.41 Å². The van der Waals surface area contributed by atoms with E-state index in [0.717, 1.165) is 0 Å². The van der Waals surface area contributed by atoms with Crippen LogP contribution in [0.15, 0.2) is 206 Å². The summed E-state index contributed by atoms with van der Waals surface area (Å²) >= 11 is 0. The fraction of sp³-hybridized carbons (Fsp3) is 0.111. The van der Waals surface area contributed by atoms with Crippen molar-refractivity contribution in [1.29, 1.82) is 0 Å². The van der Waals surface area contributed by atoms with E-state index in [1.807, 2.05) is 0 Å². The van der Waals surface area contributed by atoms with Gasteiger partial charge in [-0.05, 0) is 90.7 Å². The molecule has 0 nitrogen and oxygen atoms in total. The van der Waals surface area contributed by atoms with Gasteiger partial charge in [0.25, 0.3) is 0 Å². The Kier molecular flexibility index (Phi) is 9.34. The molecule has 8 aromatic rings. The summed E-state index contributed by atoms with van der Waals surface area (Å²) in [7, 11) is 0. The highest BCUT2D eigenvalue weighted by Gasteiger charge is 2.35. The van der Waals surface area contributed by atoms with E-state index >= 15 is 0 Å². The second-order valence-corrected chi connectivity index (χ2v) is 14.8. The van der Waals surface area contributed by atoms with Crippen LogP contribution in [0.4, 0.5) is 0 Å². The number of hydrogen-bond donors (Lipinski definition) is 0. The van der Waals surface area contributed by atoms with Crippen LogP contribution in [-0.4, -0.2) is 0 Å². The summed E-state index contributed by atoms with van der Waals surface area (Å²) in [6, 6.07) is 75.9. The SMILES string of the molecule is c1ccc(-c2ccc(-c3ccc(-c4ccc(C5(c6ccc(-c7ccc(-c8ccc(-c9ccccc9)cc8)cc7)cc6)CCCCC5)cc4)cc3)cc2)cc1. The molecule has 0 atom stereocenters. The molecule has 1 saturated carbocycles. The van der Waals surface area contributed by atoms with E-state index in [1.54, 1.807) is 0 Å². The normalized spacial score (nSPS) is 13.7. The van der Waals surface area contributed by atoms with Crippen molar-refractivity contribution >= 4 is 0 Å². The quantitative estimate of drug-likeness (QED) is 0.149. The summed E-state index contributed by atoms with van der Waals surface area (Å²) in [6.45, 7) is 0. The molecule has 0 aliphatic heterocycles. The minimum Gasteiger partial charge on any atom is -0.0622 e. The molecular formula is C54H44. The molecule has 1 fully saturated rings. The monoisotopic (exact) mass is 692 g/mol. The first kappa shape index (κ1) is 33.6. The van der Waals surface area contributed by atoms with Gasteiger partial charge in [0.05, 0.1) is 0 Å². The van der Waals surface area contributed by atoms with Crippen molar-refractivity contribution in [3.63, 3.8) is 0 Å². The van der Waals surface area contributed by atoms with E-state index < -0.39 is 0 Å². The summed E-state index contributed by atoms with van der Waals surface area (Å²) in [5.41, 5.74) is 17.9. The van der Waals surface area contributed by atoms with Crippen LogP contribution in [0.3, 0.4) is 0 Å². The van der Waals surface area contributed by atoms with Gasteiger partial charge in [-0.15, -0.1) is 0 Å². The molecule has 0 amide bonds. The van der Waals surface area contributed by atoms with Gasteiger partial charge in [-0.2, -0.15) is 0 Å². The summed E-state index contributed by atoms with van der Waals surface area (Å²) < 4.78 is 0. The Bertz CT molecular complexity index is 2240. The van der Waals surface area contributed by atoms with Crippen LogP contribution in [0.2, 0.25) is 0 Å². The van der Waals surface area contributed by atoms with Crippen molar-refractivity contribution in [1.82, 2.24) is 0 Å². The largest absolute Gasteiger partial charge is 0.0622 e. The van der Waals surface area contributed by atoms with Crippen LogP contribution in [0.5, 0.6) is 0 Å². The van der Waals surface area contributed by atoms with Gasteiger partial charge in [0.15, 0.2) is 0 Å². The Morgan fingerprint density at radius 2 is 0.407 bits per heavy atom. The van der Waals surface area contributed by atoms with Gasteiger partial charge in [-0.3, -0.25) is 0 Å². The zero-order valence-corrected chi connectivity index (χ0v) is 30.7. The summed E-state index contributed by atoms with van der Waals surface area (Å²) in [6.07, 6.45) is 6.25.